The van der Waals surface area contributed by atoms with Crippen LogP contribution < -0.4 is 0 Å². The van der Waals surface area contributed by atoms with Gasteiger partial charge in [-0.3, -0.25) is 9.78 Å². The first-order valence-corrected chi connectivity index (χ1v) is 15.2. The summed E-state index contributed by atoms with van der Waals surface area (Å²) in [6, 6.07) is 17.7. The highest BCUT2D eigenvalue weighted by molar-refractivity contribution is 5.92. The van der Waals surface area contributed by atoms with Crippen molar-refractivity contribution in [3.63, 3.8) is 0 Å². The highest BCUT2D eigenvalue weighted by Gasteiger charge is 2.29. The third kappa shape index (κ3) is 8.23. The number of rotatable bonds is 12. The fourth-order valence-electron chi connectivity index (χ4n) is 5.46. The molecule has 0 atom stereocenters. The van der Waals surface area contributed by atoms with Crippen LogP contribution >= 0.6 is 0 Å². The Balaban J connectivity index is 1.49. The van der Waals surface area contributed by atoms with Gasteiger partial charge in [0.2, 0.25) is 0 Å². The summed E-state index contributed by atoms with van der Waals surface area (Å²) in [5, 5.41) is 0. The van der Waals surface area contributed by atoms with Crippen LogP contribution in [0.4, 0.5) is 4.39 Å². The van der Waals surface area contributed by atoms with Gasteiger partial charge < -0.3 is 9.80 Å². The maximum atomic E-state index is 14.1. The second-order valence-corrected chi connectivity index (χ2v) is 11.9. The van der Waals surface area contributed by atoms with Crippen molar-refractivity contribution in [3.05, 3.63) is 89.0 Å². The summed E-state index contributed by atoms with van der Waals surface area (Å²) in [5.41, 5.74) is 5.26. The quantitative estimate of drug-likeness (QED) is 0.217. The second kappa shape index (κ2) is 14.5. The summed E-state index contributed by atoms with van der Waals surface area (Å²) < 4.78 is 14.1. The molecule has 0 N–H and O–H groups in total. The molecule has 1 aliphatic heterocycles. The Bertz CT molecular complexity index is 1210. The second-order valence-electron chi connectivity index (χ2n) is 11.9. The average molecular weight is 544 g/mol. The first-order chi connectivity index (χ1) is 19.3. The largest absolute Gasteiger partial charge is 0.330 e. The average Bonchev–Trinajstić information content (AvgIpc) is 2.97. The van der Waals surface area contributed by atoms with E-state index in [9.17, 15) is 9.18 Å². The van der Waals surface area contributed by atoms with Gasteiger partial charge in [0.25, 0.3) is 5.91 Å². The first-order valence-electron chi connectivity index (χ1n) is 15.2. The molecule has 0 spiro atoms. The number of aryl methyl sites for hydroxylation is 2. The van der Waals surface area contributed by atoms with Crippen LogP contribution in [0.2, 0.25) is 0 Å². The van der Waals surface area contributed by atoms with E-state index in [0.29, 0.717) is 23.7 Å². The lowest BCUT2D eigenvalue weighted by atomic mass is 9.99. The van der Waals surface area contributed by atoms with Gasteiger partial charge in [-0.05, 0) is 91.4 Å². The van der Waals surface area contributed by atoms with Crippen molar-refractivity contribution in [2.45, 2.75) is 85.2 Å². The minimum atomic E-state index is -0.193. The molecule has 0 saturated carbocycles. The van der Waals surface area contributed by atoms with E-state index in [1.54, 1.807) is 13.0 Å². The van der Waals surface area contributed by atoms with Crippen molar-refractivity contribution in [2.24, 2.45) is 5.92 Å². The maximum absolute atomic E-state index is 14.1. The SMILES string of the molecule is CCCCCc1ccc(C(=O)N(Cc2ccc(-c3ccc(C)c(F)c3)cc2)C2CCN(CCC(C)C)CC2)nc1. The number of halogens is 1. The maximum Gasteiger partial charge on any atom is 0.272 e. The number of piperidine rings is 1. The number of carbonyl (C=O) groups is 1. The van der Waals surface area contributed by atoms with E-state index < -0.39 is 0 Å². The molecule has 0 bridgehead atoms. The van der Waals surface area contributed by atoms with Crippen LogP contribution in [-0.2, 0) is 13.0 Å². The Morgan fingerprint density at radius 2 is 1.70 bits per heavy atom. The number of nitrogens with zero attached hydrogens (tertiary/aromatic N) is 3. The fourth-order valence-corrected chi connectivity index (χ4v) is 5.46. The monoisotopic (exact) mass is 543 g/mol. The molecule has 1 amide bonds. The molecule has 1 aromatic heterocycles. The number of unbranched alkanes of at least 4 members (excludes halogenated alkanes) is 2. The van der Waals surface area contributed by atoms with Gasteiger partial charge >= 0.3 is 0 Å². The summed E-state index contributed by atoms with van der Waals surface area (Å²) >= 11 is 0. The molecular weight excluding hydrogens is 497 g/mol. The molecule has 2 heterocycles. The van der Waals surface area contributed by atoms with E-state index in [1.807, 2.05) is 41.4 Å². The Hall–Kier alpha value is -3.05. The Morgan fingerprint density at radius 3 is 2.33 bits per heavy atom. The van der Waals surface area contributed by atoms with Crippen LogP contribution in [-0.4, -0.2) is 46.4 Å². The lowest BCUT2D eigenvalue weighted by Crippen LogP contribution is -2.47. The molecule has 2 aromatic carbocycles. The van der Waals surface area contributed by atoms with Crippen molar-refractivity contribution >= 4 is 5.91 Å². The number of amides is 1. The summed E-state index contributed by atoms with van der Waals surface area (Å²) in [6.07, 6.45) is 9.59. The van der Waals surface area contributed by atoms with E-state index in [1.165, 1.54) is 24.8 Å². The van der Waals surface area contributed by atoms with Gasteiger partial charge in [0, 0.05) is 31.9 Å². The van der Waals surface area contributed by atoms with Crippen LogP contribution in [0.15, 0.2) is 60.8 Å². The number of carbonyl (C=O) groups excluding carboxylic acids is 1. The van der Waals surface area contributed by atoms with E-state index in [2.05, 4.69) is 48.9 Å². The van der Waals surface area contributed by atoms with Gasteiger partial charge in [0.1, 0.15) is 11.5 Å². The molecule has 1 saturated heterocycles. The Labute approximate surface area is 240 Å². The summed E-state index contributed by atoms with van der Waals surface area (Å²) in [7, 11) is 0. The first kappa shape index (κ1) is 29.9. The Kier molecular flexibility index (Phi) is 10.9. The predicted octanol–water partition coefficient (Wildman–Crippen LogP) is 8.08. The van der Waals surface area contributed by atoms with Crippen LogP contribution in [0.25, 0.3) is 11.1 Å². The van der Waals surface area contributed by atoms with Gasteiger partial charge in [0.05, 0.1) is 0 Å². The highest BCUT2D eigenvalue weighted by Crippen LogP contribution is 2.25. The molecule has 1 fully saturated rings. The molecule has 4 rings (SSSR count). The van der Waals surface area contributed by atoms with Gasteiger partial charge in [-0.25, -0.2) is 4.39 Å². The number of aromatic nitrogens is 1. The van der Waals surface area contributed by atoms with Crippen molar-refractivity contribution in [1.29, 1.82) is 0 Å². The van der Waals surface area contributed by atoms with Crippen molar-refractivity contribution in [1.82, 2.24) is 14.8 Å². The molecule has 3 aromatic rings. The summed E-state index contributed by atoms with van der Waals surface area (Å²) in [5.74, 6) is 0.513. The third-order valence-corrected chi connectivity index (χ3v) is 8.21. The standard InChI is InChI=1S/C35H46FN3O/c1-5-6-7-8-28-12-16-34(37-24-28)35(40)39(32-18-21-38(22-19-32)20-17-26(2)3)25-29-10-14-30(15-11-29)31-13-9-27(4)33(36)23-31/h9-16,23-24,26,32H,5-8,17-22,25H2,1-4H3. The number of likely N-dealkylation sites (tertiary alicyclic amines) is 1. The topological polar surface area (TPSA) is 36.4 Å². The molecule has 0 unspecified atom stereocenters. The van der Waals surface area contributed by atoms with E-state index in [0.717, 1.165) is 62.0 Å². The van der Waals surface area contributed by atoms with Crippen molar-refractivity contribution in [3.8, 4) is 11.1 Å². The zero-order chi connectivity index (χ0) is 28.5. The molecule has 0 radical (unpaired) electrons. The highest BCUT2D eigenvalue weighted by atomic mass is 19.1. The Morgan fingerprint density at radius 1 is 1.00 bits per heavy atom. The molecule has 5 heteroatoms. The molecule has 214 valence electrons. The van der Waals surface area contributed by atoms with Gasteiger partial charge in [-0.2, -0.15) is 0 Å². The lowest BCUT2D eigenvalue weighted by Gasteiger charge is -2.38. The number of pyridine rings is 1. The minimum Gasteiger partial charge on any atom is -0.330 e. The van der Waals surface area contributed by atoms with Crippen LogP contribution in [0.1, 0.15) is 86.5 Å². The predicted molar refractivity (Wildman–Crippen MR) is 163 cm³/mol. The van der Waals surface area contributed by atoms with Gasteiger partial charge in [-0.1, -0.05) is 76.1 Å². The summed E-state index contributed by atoms with van der Waals surface area (Å²) in [6.45, 7) is 12.2. The van der Waals surface area contributed by atoms with Crippen molar-refractivity contribution in [2.75, 3.05) is 19.6 Å². The molecule has 4 nitrogen and oxygen atoms in total. The smallest absolute Gasteiger partial charge is 0.272 e. The van der Waals surface area contributed by atoms with Crippen LogP contribution in [0.5, 0.6) is 0 Å². The zero-order valence-electron chi connectivity index (χ0n) is 24.8. The van der Waals surface area contributed by atoms with Crippen LogP contribution in [0, 0.1) is 18.7 Å². The number of hydrogen-bond acceptors (Lipinski definition) is 3. The molecule has 1 aliphatic rings. The third-order valence-electron chi connectivity index (χ3n) is 8.21. The molecular formula is C35H46FN3O. The zero-order valence-corrected chi connectivity index (χ0v) is 24.8. The summed E-state index contributed by atoms with van der Waals surface area (Å²) in [4.78, 5) is 23.1. The normalized spacial score (nSPS) is 14.6. The van der Waals surface area contributed by atoms with Gasteiger partial charge in [-0.15, -0.1) is 0 Å². The van der Waals surface area contributed by atoms with Crippen LogP contribution in [0.3, 0.4) is 0 Å². The number of hydrogen-bond donors (Lipinski definition) is 0. The fraction of sp³-hybridized carbons (Fsp3) is 0.486. The molecule has 40 heavy (non-hydrogen) atoms. The number of benzene rings is 2. The van der Waals surface area contributed by atoms with E-state index in [4.69, 9.17) is 0 Å². The lowest BCUT2D eigenvalue weighted by molar-refractivity contribution is 0.0540. The van der Waals surface area contributed by atoms with Gasteiger partial charge in [0.15, 0.2) is 0 Å². The van der Waals surface area contributed by atoms with E-state index in [-0.39, 0.29) is 17.8 Å². The van der Waals surface area contributed by atoms with Crippen molar-refractivity contribution < 1.29 is 9.18 Å². The molecule has 0 aliphatic carbocycles. The minimum absolute atomic E-state index is 0.00502. The van der Waals surface area contributed by atoms with E-state index >= 15 is 0 Å².